The zero-order chi connectivity index (χ0) is 13.0. The highest BCUT2D eigenvalue weighted by atomic mass is 35.5. The molecule has 2 heterocycles. The summed E-state index contributed by atoms with van der Waals surface area (Å²) in [7, 11) is 0. The Kier molecular flexibility index (Phi) is 4.66. The summed E-state index contributed by atoms with van der Waals surface area (Å²) in [6.45, 7) is 6.18. The normalized spacial score (nSPS) is 20.9. The van der Waals surface area contributed by atoms with Crippen molar-refractivity contribution in [2.24, 2.45) is 5.92 Å². The highest BCUT2D eigenvalue weighted by molar-refractivity contribution is 6.30. The molecule has 1 aromatic heterocycles. The van der Waals surface area contributed by atoms with Crippen LogP contribution in [-0.4, -0.2) is 42.0 Å². The van der Waals surface area contributed by atoms with Gasteiger partial charge in [0.1, 0.15) is 5.69 Å². The van der Waals surface area contributed by atoms with Gasteiger partial charge < -0.3 is 15.2 Å². The van der Waals surface area contributed by atoms with Crippen molar-refractivity contribution in [3.63, 3.8) is 0 Å². The third-order valence-corrected chi connectivity index (χ3v) is 3.57. The van der Waals surface area contributed by atoms with Gasteiger partial charge in [-0.1, -0.05) is 18.5 Å². The molecule has 1 atom stereocenters. The van der Waals surface area contributed by atoms with Crippen LogP contribution in [0.15, 0.2) is 12.3 Å². The summed E-state index contributed by atoms with van der Waals surface area (Å²) in [6, 6.07) is 1.64. The van der Waals surface area contributed by atoms with E-state index >= 15 is 0 Å². The Balaban J connectivity index is 1.70. The van der Waals surface area contributed by atoms with Crippen molar-refractivity contribution in [1.29, 1.82) is 0 Å². The number of H-pyrrole nitrogens is 1. The number of hydrogen-bond donors (Lipinski definition) is 2. The molecule has 1 aromatic rings. The third kappa shape index (κ3) is 3.75. The number of halogens is 1. The van der Waals surface area contributed by atoms with Crippen molar-refractivity contribution < 1.29 is 4.79 Å². The lowest BCUT2D eigenvalue weighted by Gasteiger charge is -2.30. The molecule has 2 N–H and O–H groups in total. The summed E-state index contributed by atoms with van der Waals surface area (Å²) in [5.41, 5.74) is 0.520. The maximum atomic E-state index is 11.7. The minimum atomic E-state index is -0.0908. The Labute approximate surface area is 113 Å². The van der Waals surface area contributed by atoms with Crippen LogP contribution < -0.4 is 5.32 Å². The van der Waals surface area contributed by atoms with E-state index in [1.54, 1.807) is 12.3 Å². The first-order valence-electron chi connectivity index (χ1n) is 6.49. The zero-order valence-electron chi connectivity index (χ0n) is 10.7. The van der Waals surface area contributed by atoms with Gasteiger partial charge in [-0.2, -0.15) is 0 Å². The molecule has 100 valence electrons. The lowest BCUT2D eigenvalue weighted by atomic mass is 10.0. The van der Waals surface area contributed by atoms with Crippen LogP contribution in [0, 0.1) is 5.92 Å². The Morgan fingerprint density at radius 3 is 3.17 bits per heavy atom. The number of carbonyl (C=O) groups excluding carboxylic acids is 1. The largest absolute Gasteiger partial charge is 0.356 e. The Hall–Kier alpha value is -1.00. The van der Waals surface area contributed by atoms with Crippen molar-refractivity contribution in [2.45, 2.75) is 19.8 Å². The Bertz CT molecular complexity index is 405. The molecule has 5 heteroatoms. The van der Waals surface area contributed by atoms with Crippen LogP contribution in [0.4, 0.5) is 0 Å². The number of aromatic amines is 1. The van der Waals surface area contributed by atoms with Gasteiger partial charge >= 0.3 is 0 Å². The molecule has 4 nitrogen and oxygen atoms in total. The van der Waals surface area contributed by atoms with Gasteiger partial charge in [0.15, 0.2) is 0 Å². The minimum Gasteiger partial charge on any atom is -0.356 e. The Morgan fingerprint density at radius 1 is 1.67 bits per heavy atom. The summed E-state index contributed by atoms with van der Waals surface area (Å²) in [4.78, 5) is 17.0. The molecule has 1 fully saturated rings. The smallest absolute Gasteiger partial charge is 0.267 e. The second-order valence-electron chi connectivity index (χ2n) is 5.04. The van der Waals surface area contributed by atoms with Crippen LogP contribution in [0.3, 0.4) is 0 Å². The van der Waals surface area contributed by atoms with Crippen molar-refractivity contribution >= 4 is 17.5 Å². The molecule has 0 radical (unpaired) electrons. The van der Waals surface area contributed by atoms with Gasteiger partial charge in [-0.15, -0.1) is 0 Å². The molecule has 1 saturated heterocycles. The molecule has 1 aliphatic rings. The summed E-state index contributed by atoms with van der Waals surface area (Å²) in [5.74, 6) is 0.684. The minimum absolute atomic E-state index is 0.0908. The lowest BCUT2D eigenvalue weighted by molar-refractivity contribution is 0.0939. The maximum absolute atomic E-state index is 11.7. The van der Waals surface area contributed by atoms with Gasteiger partial charge in [0.05, 0.1) is 5.02 Å². The van der Waals surface area contributed by atoms with Crippen LogP contribution in [0.2, 0.25) is 5.02 Å². The molecule has 0 aliphatic carbocycles. The van der Waals surface area contributed by atoms with Gasteiger partial charge in [0, 0.05) is 25.8 Å². The average molecular weight is 270 g/mol. The van der Waals surface area contributed by atoms with Gasteiger partial charge in [0.25, 0.3) is 5.91 Å². The molecule has 0 spiro atoms. The van der Waals surface area contributed by atoms with E-state index in [1.807, 2.05) is 0 Å². The number of likely N-dealkylation sites (tertiary alicyclic amines) is 1. The van der Waals surface area contributed by atoms with E-state index in [0.717, 1.165) is 25.6 Å². The molecule has 18 heavy (non-hydrogen) atoms. The third-order valence-electron chi connectivity index (χ3n) is 3.35. The summed E-state index contributed by atoms with van der Waals surface area (Å²) < 4.78 is 0. The van der Waals surface area contributed by atoms with Crippen LogP contribution >= 0.6 is 11.6 Å². The predicted molar refractivity (Wildman–Crippen MR) is 73.0 cm³/mol. The number of aromatic nitrogens is 1. The summed E-state index contributed by atoms with van der Waals surface area (Å²) in [6.07, 6.45) is 4.20. The first-order valence-corrected chi connectivity index (χ1v) is 6.87. The summed E-state index contributed by atoms with van der Waals surface area (Å²) >= 11 is 5.76. The average Bonchev–Trinajstić information content (AvgIpc) is 2.76. The Morgan fingerprint density at radius 2 is 2.50 bits per heavy atom. The van der Waals surface area contributed by atoms with Crippen molar-refractivity contribution in [3.05, 3.63) is 23.0 Å². The molecule has 0 bridgehead atoms. The second kappa shape index (κ2) is 6.25. The fraction of sp³-hybridized carbons (Fsp3) is 0.615. The maximum Gasteiger partial charge on any atom is 0.267 e. The zero-order valence-corrected chi connectivity index (χ0v) is 11.5. The number of piperidine rings is 1. The molecule has 0 aromatic carbocycles. The fourth-order valence-corrected chi connectivity index (χ4v) is 2.58. The molecule has 0 saturated carbocycles. The molecule has 1 aliphatic heterocycles. The topological polar surface area (TPSA) is 48.1 Å². The second-order valence-corrected chi connectivity index (χ2v) is 5.47. The number of amides is 1. The SMILES string of the molecule is C[C@H]1CCCN(CCNC(=O)c2cc(Cl)c[nH]2)C1. The van der Waals surface area contributed by atoms with E-state index < -0.39 is 0 Å². The van der Waals surface area contributed by atoms with E-state index in [0.29, 0.717) is 17.3 Å². The quantitative estimate of drug-likeness (QED) is 0.880. The number of nitrogens with one attached hydrogen (secondary N) is 2. The summed E-state index contributed by atoms with van der Waals surface area (Å²) in [5, 5.41) is 3.46. The van der Waals surface area contributed by atoms with Crippen molar-refractivity contribution in [3.8, 4) is 0 Å². The van der Waals surface area contributed by atoms with Crippen molar-refractivity contribution in [1.82, 2.24) is 15.2 Å². The van der Waals surface area contributed by atoms with Gasteiger partial charge in [0.2, 0.25) is 0 Å². The first kappa shape index (κ1) is 13.4. The van der Waals surface area contributed by atoms with E-state index in [1.165, 1.54) is 12.8 Å². The van der Waals surface area contributed by atoms with Gasteiger partial charge in [-0.05, 0) is 31.4 Å². The van der Waals surface area contributed by atoms with E-state index in [-0.39, 0.29) is 5.91 Å². The van der Waals surface area contributed by atoms with Crippen molar-refractivity contribution in [2.75, 3.05) is 26.2 Å². The molecule has 2 rings (SSSR count). The van der Waals surface area contributed by atoms with Gasteiger partial charge in [-0.25, -0.2) is 0 Å². The molecule has 1 amide bonds. The molecule has 0 unspecified atom stereocenters. The monoisotopic (exact) mass is 269 g/mol. The first-order chi connectivity index (χ1) is 8.65. The van der Waals surface area contributed by atoms with Crippen LogP contribution in [0.25, 0.3) is 0 Å². The number of hydrogen-bond acceptors (Lipinski definition) is 2. The van der Waals surface area contributed by atoms with Crippen LogP contribution in [0.1, 0.15) is 30.3 Å². The number of nitrogens with zero attached hydrogens (tertiary/aromatic N) is 1. The fourth-order valence-electron chi connectivity index (χ4n) is 2.41. The highest BCUT2D eigenvalue weighted by Gasteiger charge is 2.16. The standard InChI is InChI=1S/C13H20ClN3O/c1-10-3-2-5-17(9-10)6-4-15-13(18)12-7-11(14)8-16-12/h7-8,10,16H,2-6,9H2,1H3,(H,15,18)/t10-/m0/s1. The molecular weight excluding hydrogens is 250 g/mol. The number of carbonyl (C=O) groups is 1. The van der Waals surface area contributed by atoms with Gasteiger partial charge in [-0.3, -0.25) is 4.79 Å². The highest BCUT2D eigenvalue weighted by Crippen LogP contribution is 2.14. The van der Waals surface area contributed by atoms with Crippen LogP contribution in [-0.2, 0) is 0 Å². The van der Waals surface area contributed by atoms with E-state index in [2.05, 4.69) is 22.1 Å². The molecular formula is C13H20ClN3O. The van der Waals surface area contributed by atoms with E-state index in [4.69, 9.17) is 11.6 Å². The number of rotatable bonds is 4. The lowest BCUT2D eigenvalue weighted by Crippen LogP contribution is -2.40. The predicted octanol–water partition coefficient (Wildman–Crippen LogP) is 2.13. The van der Waals surface area contributed by atoms with E-state index in [9.17, 15) is 4.79 Å². The van der Waals surface area contributed by atoms with Crippen LogP contribution in [0.5, 0.6) is 0 Å².